The number of imide groups is 1. The molecule has 0 radical (unpaired) electrons. The predicted octanol–water partition coefficient (Wildman–Crippen LogP) is 4.84. The van der Waals surface area contributed by atoms with Gasteiger partial charge in [-0.2, -0.15) is 0 Å². The molecule has 238 valence electrons. The third-order valence-electron chi connectivity index (χ3n) is 10.4. The number of hydrogen-bond donors (Lipinski definition) is 1. The second-order valence-electron chi connectivity index (χ2n) is 12.7. The van der Waals surface area contributed by atoms with Crippen LogP contribution in [-0.4, -0.2) is 71.6 Å². The van der Waals surface area contributed by atoms with E-state index in [9.17, 15) is 24.3 Å². The number of methoxy groups -OCH3 is 2. The molecule has 5 aliphatic rings. The Bertz CT molecular complexity index is 1710. The molecular formula is C36H35BrN2O7. The first-order valence-corrected chi connectivity index (χ1v) is 16.5. The molecule has 46 heavy (non-hydrogen) atoms. The molecule has 2 amide bonds. The number of allylic oxidation sites excluding steroid dienone is 6. The van der Waals surface area contributed by atoms with E-state index in [0.29, 0.717) is 47.5 Å². The number of carbonyl (C=O) groups excluding carboxylic acids is 4. The first-order valence-electron chi connectivity index (χ1n) is 15.7. The standard InChI is InChI=1S/C36H35BrN2O7/c1-45-28-14-21(40)15-29(46-2)33(28)32-22-8-9-23-30(24(22)16-25-31(32)27(41)17-26(37)34(25)42)36(44)39(35(23)43)20-10-12-38(13-11-20)18-19-6-4-3-5-7-19/h3-8,14-15,17,20,23-24,30,32,40H,9-13,16,18H2,1-2H3. The lowest BCUT2D eigenvalue weighted by atomic mass is 9.59. The summed E-state index contributed by atoms with van der Waals surface area (Å²) in [7, 11) is 2.93. The lowest BCUT2D eigenvalue weighted by Crippen LogP contribution is -2.47. The van der Waals surface area contributed by atoms with E-state index in [2.05, 4.69) is 33.0 Å². The van der Waals surface area contributed by atoms with E-state index in [0.717, 1.165) is 25.2 Å². The van der Waals surface area contributed by atoms with Crippen molar-refractivity contribution in [2.24, 2.45) is 17.8 Å². The molecule has 10 heteroatoms. The van der Waals surface area contributed by atoms with Gasteiger partial charge in [0.05, 0.1) is 30.5 Å². The minimum atomic E-state index is -0.758. The van der Waals surface area contributed by atoms with Gasteiger partial charge in [-0.25, -0.2) is 0 Å². The number of benzene rings is 2. The number of aromatic hydroxyl groups is 1. The van der Waals surface area contributed by atoms with Crippen LogP contribution in [0.5, 0.6) is 17.2 Å². The molecule has 9 nitrogen and oxygen atoms in total. The molecule has 0 bridgehead atoms. The Morgan fingerprint density at radius 2 is 1.61 bits per heavy atom. The van der Waals surface area contributed by atoms with Gasteiger partial charge in [-0.3, -0.25) is 29.0 Å². The largest absolute Gasteiger partial charge is 0.508 e. The molecule has 2 aromatic carbocycles. The number of ketones is 2. The molecule has 4 atom stereocenters. The number of fused-ring (bicyclic) bond motifs is 3. The molecule has 4 unspecified atom stereocenters. The Morgan fingerprint density at radius 1 is 0.935 bits per heavy atom. The highest BCUT2D eigenvalue weighted by Crippen LogP contribution is 2.58. The van der Waals surface area contributed by atoms with Gasteiger partial charge >= 0.3 is 0 Å². The van der Waals surface area contributed by atoms with Crippen molar-refractivity contribution < 1.29 is 33.8 Å². The summed E-state index contributed by atoms with van der Waals surface area (Å²) in [6, 6.07) is 13.0. The van der Waals surface area contributed by atoms with E-state index >= 15 is 0 Å². The maximum Gasteiger partial charge on any atom is 0.233 e. The van der Waals surface area contributed by atoms with Crippen LogP contribution < -0.4 is 9.47 Å². The van der Waals surface area contributed by atoms with Crippen LogP contribution in [0.4, 0.5) is 0 Å². The molecule has 2 heterocycles. The maximum atomic E-state index is 14.4. The summed E-state index contributed by atoms with van der Waals surface area (Å²) in [5.41, 5.74) is 3.18. The van der Waals surface area contributed by atoms with Gasteiger partial charge in [-0.15, -0.1) is 0 Å². The highest BCUT2D eigenvalue weighted by molar-refractivity contribution is 9.12. The molecule has 0 saturated carbocycles. The number of carbonyl (C=O) groups is 4. The normalized spacial score (nSPS) is 26.8. The average molecular weight is 688 g/mol. The Hall–Kier alpha value is -4.02. The van der Waals surface area contributed by atoms with Crippen LogP contribution in [0.25, 0.3) is 0 Å². The molecule has 0 aromatic heterocycles. The number of piperidine rings is 1. The summed E-state index contributed by atoms with van der Waals surface area (Å²) in [6.07, 6.45) is 5.22. The van der Waals surface area contributed by atoms with E-state index in [1.54, 1.807) is 0 Å². The molecular weight excluding hydrogens is 652 g/mol. The zero-order chi connectivity index (χ0) is 32.3. The van der Waals surface area contributed by atoms with Crippen LogP contribution in [0.3, 0.4) is 0 Å². The topological polar surface area (TPSA) is 113 Å². The Morgan fingerprint density at radius 3 is 2.26 bits per heavy atom. The monoisotopic (exact) mass is 686 g/mol. The fourth-order valence-corrected chi connectivity index (χ4v) is 8.76. The minimum Gasteiger partial charge on any atom is -0.508 e. The fraction of sp³-hybridized carbons (Fsp3) is 0.389. The number of nitrogens with zero attached hydrogens (tertiary/aromatic N) is 2. The van der Waals surface area contributed by atoms with Crippen molar-refractivity contribution >= 4 is 39.3 Å². The molecule has 1 N–H and O–H groups in total. The van der Waals surface area contributed by atoms with Crippen LogP contribution in [0.2, 0.25) is 0 Å². The van der Waals surface area contributed by atoms with Gasteiger partial charge in [-0.1, -0.05) is 42.0 Å². The van der Waals surface area contributed by atoms with Crippen LogP contribution in [0.1, 0.15) is 42.7 Å². The Balaban J connectivity index is 1.23. The summed E-state index contributed by atoms with van der Waals surface area (Å²) in [6.45, 7) is 2.40. The summed E-state index contributed by atoms with van der Waals surface area (Å²) in [4.78, 5) is 59.5. The van der Waals surface area contributed by atoms with Crippen LogP contribution in [0.15, 0.2) is 75.8 Å². The van der Waals surface area contributed by atoms with E-state index in [-0.39, 0.29) is 46.1 Å². The van der Waals surface area contributed by atoms with Gasteiger partial charge in [0.2, 0.25) is 11.8 Å². The predicted molar refractivity (Wildman–Crippen MR) is 172 cm³/mol. The summed E-state index contributed by atoms with van der Waals surface area (Å²) in [5, 5.41) is 10.4. The van der Waals surface area contributed by atoms with E-state index in [1.165, 1.54) is 42.9 Å². The van der Waals surface area contributed by atoms with Crippen molar-refractivity contribution in [2.75, 3.05) is 27.3 Å². The first-order chi connectivity index (χ1) is 22.2. The van der Waals surface area contributed by atoms with Gasteiger partial charge in [0, 0.05) is 66.5 Å². The molecule has 2 saturated heterocycles. The fourth-order valence-electron chi connectivity index (χ4n) is 8.31. The number of likely N-dealkylation sites (tertiary alicyclic amines) is 2. The lowest BCUT2D eigenvalue weighted by Gasteiger charge is -2.42. The average Bonchev–Trinajstić information content (AvgIpc) is 3.32. The van der Waals surface area contributed by atoms with Gasteiger partial charge < -0.3 is 14.6 Å². The summed E-state index contributed by atoms with van der Waals surface area (Å²) >= 11 is 3.28. The van der Waals surface area contributed by atoms with Crippen molar-refractivity contribution in [1.82, 2.24) is 9.80 Å². The van der Waals surface area contributed by atoms with Gasteiger partial charge in [0.1, 0.15) is 17.2 Å². The van der Waals surface area contributed by atoms with E-state index in [1.807, 2.05) is 24.3 Å². The molecule has 2 fully saturated rings. The number of ether oxygens (including phenoxy) is 2. The van der Waals surface area contributed by atoms with E-state index < -0.39 is 23.7 Å². The zero-order valence-electron chi connectivity index (χ0n) is 25.7. The number of phenols is 1. The van der Waals surface area contributed by atoms with Crippen molar-refractivity contribution in [2.45, 2.75) is 44.2 Å². The van der Waals surface area contributed by atoms with Crippen molar-refractivity contribution in [3.05, 3.63) is 86.9 Å². The SMILES string of the molecule is COc1cc(O)cc(OC)c1C1C2=CCC3C(=O)N(C4CCN(Cc5ccccc5)CC4)C(=O)C3C2CC2=C1C(=O)C=C(Br)C2=O. The quantitative estimate of drug-likeness (QED) is 0.261. The number of amides is 2. The first kappa shape index (κ1) is 30.6. The van der Waals surface area contributed by atoms with Crippen molar-refractivity contribution in [3.63, 3.8) is 0 Å². The molecule has 0 spiro atoms. The summed E-state index contributed by atoms with van der Waals surface area (Å²) in [5.74, 6) is -2.84. The van der Waals surface area contributed by atoms with Crippen LogP contribution >= 0.6 is 15.9 Å². The van der Waals surface area contributed by atoms with Gasteiger partial charge in [0.25, 0.3) is 0 Å². The van der Waals surface area contributed by atoms with E-state index in [4.69, 9.17) is 9.47 Å². The maximum absolute atomic E-state index is 14.4. The van der Waals surface area contributed by atoms with Gasteiger partial charge in [-0.05, 0) is 53.1 Å². The number of hydrogen-bond acceptors (Lipinski definition) is 8. The molecule has 2 aliphatic heterocycles. The number of phenolic OH excluding ortho intramolecular Hbond substituents is 1. The third-order valence-corrected chi connectivity index (χ3v) is 10.9. The molecule has 7 rings (SSSR count). The minimum absolute atomic E-state index is 0.0765. The Kier molecular flexibility index (Phi) is 7.97. The molecule has 2 aromatic rings. The summed E-state index contributed by atoms with van der Waals surface area (Å²) < 4.78 is 11.5. The second kappa shape index (κ2) is 12.0. The van der Waals surface area contributed by atoms with Crippen molar-refractivity contribution in [3.8, 4) is 17.2 Å². The smallest absolute Gasteiger partial charge is 0.233 e. The Labute approximate surface area is 275 Å². The number of halogens is 1. The second-order valence-corrected chi connectivity index (χ2v) is 13.6. The zero-order valence-corrected chi connectivity index (χ0v) is 27.3. The molecule has 3 aliphatic carbocycles. The van der Waals surface area contributed by atoms with Crippen LogP contribution in [-0.2, 0) is 25.7 Å². The number of Topliss-reactive ketones (excluding diaryl/α,β-unsaturated/α-hetero) is 1. The third kappa shape index (κ3) is 4.93. The lowest BCUT2D eigenvalue weighted by molar-refractivity contribution is -0.144. The van der Waals surface area contributed by atoms with Gasteiger partial charge in [0.15, 0.2) is 11.6 Å². The van der Waals surface area contributed by atoms with Crippen LogP contribution in [0, 0.1) is 17.8 Å². The highest BCUT2D eigenvalue weighted by Gasteiger charge is 2.58. The highest BCUT2D eigenvalue weighted by atomic mass is 79.9. The van der Waals surface area contributed by atoms with Crippen molar-refractivity contribution in [1.29, 1.82) is 0 Å². The number of rotatable bonds is 6.